The SMILES string of the molecule is c1ccc(-c2c3ccccc3c(-c3ccc(-c4nc5ccccc5c5c4cnc4c5ccc5cccnc54)cc3)c3ccccc23)cc1. The predicted octanol–water partition coefficient (Wildman–Crippen LogP) is 11.8. The van der Waals surface area contributed by atoms with E-state index in [1.807, 2.05) is 18.5 Å². The van der Waals surface area contributed by atoms with Crippen molar-refractivity contribution in [3.63, 3.8) is 0 Å². The molecule has 0 aliphatic rings. The van der Waals surface area contributed by atoms with Crippen molar-refractivity contribution in [3.05, 3.63) is 164 Å². The van der Waals surface area contributed by atoms with E-state index in [0.717, 1.165) is 54.7 Å². The van der Waals surface area contributed by atoms with E-state index in [1.165, 1.54) is 43.8 Å². The van der Waals surface area contributed by atoms with Crippen LogP contribution < -0.4 is 0 Å². The number of fused-ring (bicyclic) bond motifs is 9. The summed E-state index contributed by atoms with van der Waals surface area (Å²) in [6.07, 6.45) is 3.82. The standard InChI is InChI=1S/C45H27N3/c1-2-11-28(12-3-1)40-32-14-4-6-16-34(32)41(35-17-7-5-15-33(35)40)29-20-22-31(23-21-29)43-38-27-47-45-37(25-24-30-13-10-26-46-44(30)45)42(38)36-18-8-9-19-39(36)48-43/h1-27H. The molecule has 3 nitrogen and oxygen atoms in total. The van der Waals surface area contributed by atoms with Gasteiger partial charge in [0.05, 0.1) is 22.2 Å². The summed E-state index contributed by atoms with van der Waals surface area (Å²) < 4.78 is 0. The zero-order valence-electron chi connectivity index (χ0n) is 25.9. The van der Waals surface area contributed by atoms with Gasteiger partial charge in [0.2, 0.25) is 0 Å². The lowest BCUT2D eigenvalue weighted by Crippen LogP contribution is -1.94. The summed E-state index contributed by atoms with van der Waals surface area (Å²) in [6, 6.07) is 54.1. The maximum atomic E-state index is 5.23. The van der Waals surface area contributed by atoms with E-state index in [2.05, 4.69) is 146 Å². The lowest BCUT2D eigenvalue weighted by atomic mass is 9.86. The topological polar surface area (TPSA) is 38.7 Å². The summed E-state index contributed by atoms with van der Waals surface area (Å²) in [7, 11) is 0. The van der Waals surface area contributed by atoms with Crippen LogP contribution in [0, 0.1) is 0 Å². The summed E-state index contributed by atoms with van der Waals surface area (Å²) in [5.74, 6) is 0. The highest BCUT2D eigenvalue weighted by Gasteiger charge is 2.18. The average molecular weight is 610 g/mol. The molecule has 0 fully saturated rings. The molecule has 0 aliphatic heterocycles. The molecule has 0 amide bonds. The summed E-state index contributed by atoms with van der Waals surface area (Å²) in [5, 5.41) is 10.5. The highest BCUT2D eigenvalue weighted by atomic mass is 14.8. The largest absolute Gasteiger partial charge is 0.254 e. The van der Waals surface area contributed by atoms with Gasteiger partial charge < -0.3 is 0 Å². The van der Waals surface area contributed by atoms with E-state index in [1.54, 1.807) is 0 Å². The Labute approximate surface area is 276 Å². The van der Waals surface area contributed by atoms with Crippen molar-refractivity contribution in [2.75, 3.05) is 0 Å². The molecule has 0 saturated carbocycles. The van der Waals surface area contributed by atoms with Gasteiger partial charge in [0, 0.05) is 44.9 Å². The Kier molecular flexibility index (Phi) is 5.87. The molecule has 10 rings (SSSR count). The summed E-state index contributed by atoms with van der Waals surface area (Å²) >= 11 is 0. The molecular formula is C45H27N3. The highest BCUT2D eigenvalue weighted by Crippen LogP contribution is 2.44. The van der Waals surface area contributed by atoms with Crippen molar-refractivity contribution in [3.8, 4) is 33.5 Å². The molecule has 0 radical (unpaired) electrons. The molecule has 0 bridgehead atoms. The second-order valence-corrected chi connectivity index (χ2v) is 12.3. The number of hydrogen-bond acceptors (Lipinski definition) is 3. The molecule has 10 aromatic rings. The van der Waals surface area contributed by atoms with Crippen LogP contribution in [-0.4, -0.2) is 15.0 Å². The van der Waals surface area contributed by atoms with E-state index in [-0.39, 0.29) is 0 Å². The lowest BCUT2D eigenvalue weighted by molar-refractivity contribution is 1.37. The van der Waals surface area contributed by atoms with E-state index in [4.69, 9.17) is 15.0 Å². The Balaban J connectivity index is 1.20. The van der Waals surface area contributed by atoms with E-state index < -0.39 is 0 Å². The third-order valence-electron chi connectivity index (χ3n) is 9.71. The molecule has 7 aromatic carbocycles. The zero-order valence-corrected chi connectivity index (χ0v) is 25.9. The summed E-state index contributed by atoms with van der Waals surface area (Å²) in [6.45, 7) is 0. The van der Waals surface area contributed by atoms with Gasteiger partial charge in [-0.1, -0.05) is 140 Å². The van der Waals surface area contributed by atoms with Crippen molar-refractivity contribution in [2.24, 2.45) is 0 Å². The Hall–Kier alpha value is -6.45. The van der Waals surface area contributed by atoms with Gasteiger partial charge in [0.15, 0.2) is 0 Å². The third kappa shape index (κ3) is 3.98. The first-order valence-corrected chi connectivity index (χ1v) is 16.3. The first-order valence-electron chi connectivity index (χ1n) is 16.3. The first kappa shape index (κ1) is 26.7. The van der Waals surface area contributed by atoms with Crippen molar-refractivity contribution in [1.82, 2.24) is 15.0 Å². The van der Waals surface area contributed by atoms with Crippen LogP contribution in [0.1, 0.15) is 0 Å². The second kappa shape index (κ2) is 10.5. The maximum Gasteiger partial charge on any atom is 0.0971 e. The smallest absolute Gasteiger partial charge is 0.0971 e. The van der Waals surface area contributed by atoms with Crippen LogP contribution in [-0.2, 0) is 0 Å². The maximum absolute atomic E-state index is 5.23. The molecular weight excluding hydrogens is 583 g/mol. The molecule has 3 aromatic heterocycles. The van der Waals surface area contributed by atoms with Crippen molar-refractivity contribution < 1.29 is 0 Å². The Morgan fingerprint density at radius 2 is 0.938 bits per heavy atom. The third-order valence-corrected chi connectivity index (χ3v) is 9.71. The average Bonchev–Trinajstić information content (AvgIpc) is 3.16. The number of rotatable bonds is 3. The summed E-state index contributed by atoms with van der Waals surface area (Å²) in [5.41, 5.74) is 9.71. The van der Waals surface area contributed by atoms with Crippen molar-refractivity contribution in [2.45, 2.75) is 0 Å². The lowest BCUT2D eigenvalue weighted by Gasteiger charge is -2.18. The van der Waals surface area contributed by atoms with Crippen LogP contribution in [0.25, 0.3) is 98.5 Å². The van der Waals surface area contributed by atoms with Gasteiger partial charge in [-0.05, 0) is 55.9 Å². The Morgan fingerprint density at radius 1 is 0.354 bits per heavy atom. The van der Waals surface area contributed by atoms with Gasteiger partial charge in [-0.25, -0.2) is 4.98 Å². The van der Waals surface area contributed by atoms with Gasteiger partial charge in [-0.15, -0.1) is 0 Å². The van der Waals surface area contributed by atoms with E-state index >= 15 is 0 Å². The minimum atomic E-state index is 0.913. The van der Waals surface area contributed by atoms with Crippen LogP contribution in [0.15, 0.2) is 164 Å². The Bertz CT molecular complexity index is 2820. The van der Waals surface area contributed by atoms with E-state index in [0.29, 0.717) is 0 Å². The zero-order chi connectivity index (χ0) is 31.6. The number of nitrogens with zero attached hydrogens (tertiary/aromatic N) is 3. The van der Waals surface area contributed by atoms with Gasteiger partial charge in [-0.3, -0.25) is 9.97 Å². The molecule has 0 saturated heterocycles. The fraction of sp³-hybridized carbons (Fsp3) is 0. The predicted molar refractivity (Wildman–Crippen MR) is 201 cm³/mol. The molecule has 0 unspecified atom stereocenters. The molecule has 3 heteroatoms. The monoisotopic (exact) mass is 609 g/mol. The van der Waals surface area contributed by atoms with Crippen LogP contribution >= 0.6 is 0 Å². The summed E-state index contributed by atoms with van der Waals surface area (Å²) in [4.78, 5) is 14.9. The van der Waals surface area contributed by atoms with Crippen molar-refractivity contribution >= 4 is 65.0 Å². The number of para-hydroxylation sites is 1. The van der Waals surface area contributed by atoms with Crippen LogP contribution in [0.2, 0.25) is 0 Å². The second-order valence-electron chi connectivity index (χ2n) is 12.3. The van der Waals surface area contributed by atoms with E-state index in [9.17, 15) is 0 Å². The van der Waals surface area contributed by atoms with Gasteiger partial charge in [-0.2, -0.15) is 0 Å². The van der Waals surface area contributed by atoms with Gasteiger partial charge in [0.25, 0.3) is 0 Å². The Morgan fingerprint density at radius 3 is 1.62 bits per heavy atom. The molecule has 0 atom stereocenters. The minimum absolute atomic E-state index is 0.913. The molecule has 222 valence electrons. The molecule has 48 heavy (non-hydrogen) atoms. The quantitative estimate of drug-likeness (QED) is 0.148. The molecule has 0 aliphatic carbocycles. The van der Waals surface area contributed by atoms with Gasteiger partial charge in [0.1, 0.15) is 0 Å². The fourth-order valence-corrected chi connectivity index (χ4v) is 7.60. The van der Waals surface area contributed by atoms with Gasteiger partial charge >= 0.3 is 0 Å². The number of aromatic nitrogens is 3. The van der Waals surface area contributed by atoms with Crippen LogP contribution in [0.5, 0.6) is 0 Å². The minimum Gasteiger partial charge on any atom is -0.254 e. The number of pyridine rings is 3. The molecule has 3 heterocycles. The first-order chi connectivity index (χ1) is 23.8. The van der Waals surface area contributed by atoms with Crippen LogP contribution in [0.3, 0.4) is 0 Å². The van der Waals surface area contributed by atoms with Crippen molar-refractivity contribution in [1.29, 1.82) is 0 Å². The number of hydrogen-bond donors (Lipinski definition) is 0. The number of benzene rings is 7. The highest BCUT2D eigenvalue weighted by molar-refractivity contribution is 6.25. The molecule has 0 spiro atoms. The molecule has 0 N–H and O–H groups in total. The normalized spacial score (nSPS) is 11.8. The fourth-order valence-electron chi connectivity index (χ4n) is 7.60. The van der Waals surface area contributed by atoms with Crippen LogP contribution in [0.4, 0.5) is 0 Å².